The molecule has 112 valence electrons. The van der Waals surface area contributed by atoms with Gasteiger partial charge in [0, 0.05) is 6.20 Å². The zero-order valence-corrected chi connectivity index (χ0v) is 13.1. The fourth-order valence-electron chi connectivity index (χ4n) is 1.59. The molecule has 1 atom stereocenters. The highest BCUT2D eigenvalue weighted by Gasteiger charge is 2.04. The maximum absolute atomic E-state index is 9.20. The van der Waals surface area contributed by atoms with E-state index in [1.807, 2.05) is 44.2 Å². The van der Waals surface area contributed by atoms with Gasteiger partial charge >= 0.3 is 0 Å². The van der Waals surface area contributed by atoms with Crippen LogP contribution in [0.1, 0.15) is 25.6 Å². The van der Waals surface area contributed by atoms with Crippen molar-refractivity contribution >= 4 is 17.4 Å². The summed E-state index contributed by atoms with van der Waals surface area (Å²) in [5, 5.41) is 9.77. The lowest BCUT2D eigenvalue weighted by Crippen LogP contribution is -2.05. The van der Waals surface area contributed by atoms with Crippen LogP contribution < -0.4 is 9.47 Å². The highest BCUT2D eigenvalue weighted by molar-refractivity contribution is 7.14. The number of aliphatic hydroxyl groups excluding tert-OH is 1. The monoisotopic (exact) mass is 305 g/mol. The lowest BCUT2D eigenvalue weighted by Gasteiger charge is -2.09. The van der Waals surface area contributed by atoms with Gasteiger partial charge in [-0.2, -0.15) is 0 Å². The Bertz CT molecular complexity index is 588. The van der Waals surface area contributed by atoms with Crippen LogP contribution in [0, 0.1) is 0 Å². The standard InChI is InChI=1S/C16H19NO3S/c1-11(2)19-13-5-7-14(8-6-13)20-16-17-10-15(21-16)9-4-12(3)18/h4-12,18H,1-3H3. The van der Waals surface area contributed by atoms with Crippen molar-refractivity contribution in [2.75, 3.05) is 0 Å². The van der Waals surface area contributed by atoms with Crippen molar-refractivity contribution in [2.24, 2.45) is 0 Å². The molecule has 5 heteroatoms. The SMILES string of the molecule is CC(O)C=Cc1cnc(Oc2ccc(OC(C)C)cc2)s1. The summed E-state index contributed by atoms with van der Waals surface area (Å²) in [5.74, 6) is 1.53. The van der Waals surface area contributed by atoms with Crippen LogP contribution in [0.15, 0.2) is 36.5 Å². The van der Waals surface area contributed by atoms with Gasteiger partial charge in [-0.25, -0.2) is 4.98 Å². The van der Waals surface area contributed by atoms with Crippen LogP contribution in [0.2, 0.25) is 0 Å². The van der Waals surface area contributed by atoms with Crippen molar-refractivity contribution in [3.8, 4) is 16.7 Å². The second-order valence-corrected chi connectivity index (χ2v) is 5.89. The maximum Gasteiger partial charge on any atom is 0.279 e. The van der Waals surface area contributed by atoms with E-state index in [4.69, 9.17) is 9.47 Å². The summed E-state index contributed by atoms with van der Waals surface area (Å²) in [6, 6.07) is 7.45. The predicted octanol–water partition coefficient (Wildman–Crippen LogP) is 4.12. The molecule has 1 N–H and O–H groups in total. The lowest BCUT2D eigenvalue weighted by atomic mass is 10.3. The number of aliphatic hydroxyl groups is 1. The number of ether oxygens (including phenoxy) is 2. The van der Waals surface area contributed by atoms with Gasteiger partial charge in [-0.3, -0.25) is 0 Å². The maximum atomic E-state index is 9.20. The van der Waals surface area contributed by atoms with E-state index in [1.54, 1.807) is 19.2 Å². The van der Waals surface area contributed by atoms with Crippen LogP contribution >= 0.6 is 11.3 Å². The molecular weight excluding hydrogens is 286 g/mol. The van der Waals surface area contributed by atoms with Crippen LogP contribution in [0.3, 0.4) is 0 Å². The minimum atomic E-state index is -0.468. The normalized spacial score (nSPS) is 12.8. The minimum Gasteiger partial charge on any atom is -0.491 e. The molecule has 1 unspecified atom stereocenters. The van der Waals surface area contributed by atoms with E-state index in [9.17, 15) is 5.11 Å². The first-order valence-corrected chi connectivity index (χ1v) is 7.61. The topological polar surface area (TPSA) is 51.6 Å². The van der Waals surface area contributed by atoms with Crippen molar-refractivity contribution in [3.05, 3.63) is 41.4 Å². The third-order valence-electron chi connectivity index (χ3n) is 2.44. The molecular formula is C16H19NO3S. The molecule has 0 aliphatic heterocycles. The van der Waals surface area contributed by atoms with Crippen LogP contribution in [0.5, 0.6) is 16.7 Å². The summed E-state index contributed by atoms with van der Waals surface area (Å²) >= 11 is 1.42. The molecule has 0 saturated carbocycles. The second-order valence-electron chi connectivity index (χ2n) is 4.87. The molecule has 0 radical (unpaired) electrons. The van der Waals surface area contributed by atoms with Crippen molar-refractivity contribution in [2.45, 2.75) is 33.0 Å². The predicted molar refractivity (Wildman–Crippen MR) is 85.1 cm³/mol. The Morgan fingerprint density at radius 2 is 1.81 bits per heavy atom. The van der Waals surface area contributed by atoms with Crippen molar-refractivity contribution in [1.82, 2.24) is 4.98 Å². The minimum absolute atomic E-state index is 0.152. The number of aromatic nitrogens is 1. The summed E-state index contributed by atoms with van der Waals surface area (Å²) in [4.78, 5) is 5.13. The molecule has 0 amide bonds. The first kappa shape index (κ1) is 15.5. The number of rotatable bonds is 6. The molecule has 21 heavy (non-hydrogen) atoms. The second kappa shape index (κ2) is 7.24. The van der Waals surface area contributed by atoms with E-state index in [0.29, 0.717) is 10.9 Å². The largest absolute Gasteiger partial charge is 0.491 e. The molecule has 2 rings (SSSR count). The molecule has 4 nitrogen and oxygen atoms in total. The summed E-state index contributed by atoms with van der Waals surface area (Å²) in [6.07, 6.45) is 4.93. The Labute approximate surface area is 128 Å². The smallest absolute Gasteiger partial charge is 0.279 e. The van der Waals surface area contributed by atoms with Crippen molar-refractivity contribution in [3.63, 3.8) is 0 Å². The number of benzene rings is 1. The van der Waals surface area contributed by atoms with Gasteiger partial charge in [-0.1, -0.05) is 17.4 Å². The number of hydrogen-bond donors (Lipinski definition) is 1. The molecule has 0 aliphatic carbocycles. The van der Waals surface area contributed by atoms with E-state index in [2.05, 4.69) is 4.98 Å². The van der Waals surface area contributed by atoms with E-state index >= 15 is 0 Å². The quantitative estimate of drug-likeness (QED) is 0.872. The van der Waals surface area contributed by atoms with Crippen LogP contribution in [0.25, 0.3) is 6.08 Å². The van der Waals surface area contributed by atoms with Gasteiger partial charge in [-0.15, -0.1) is 0 Å². The zero-order valence-electron chi connectivity index (χ0n) is 12.3. The molecule has 1 heterocycles. The third-order valence-corrected chi connectivity index (χ3v) is 3.28. The summed E-state index contributed by atoms with van der Waals surface area (Å²) in [5.41, 5.74) is 0. The fourth-order valence-corrected chi connectivity index (χ4v) is 2.28. The highest BCUT2D eigenvalue weighted by atomic mass is 32.1. The molecule has 0 fully saturated rings. The van der Waals surface area contributed by atoms with Gasteiger partial charge in [0.15, 0.2) is 0 Å². The van der Waals surface area contributed by atoms with Crippen molar-refractivity contribution < 1.29 is 14.6 Å². The Morgan fingerprint density at radius 1 is 1.14 bits per heavy atom. The highest BCUT2D eigenvalue weighted by Crippen LogP contribution is 2.28. The van der Waals surface area contributed by atoms with E-state index in [1.165, 1.54) is 11.3 Å². The van der Waals surface area contributed by atoms with Gasteiger partial charge in [0.25, 0.3) is 5.19 Å². The van der Waals surface area contributed by atoms with Crippen molar-refractivity contribution in [1.29, 1.82) is 0 Å². The Balaban J connectivity index is 1.98. The molecule has 1 aromatic heterocycles. The first-order chi connectivity index (χ1) is 10.0. The van der Waals surface area contributed by atoms with E-state index in [-0.39, 0.29) is 6.10 Å². The number of thiazole rings is 1. The fraction of sp³-hybridized carbons (Fsp3) is 0.312. The van der Waals surface area contributed by atoms with Gasteiger partial charge in [0.05, 0.1) is 17.1 Å². The molecule has 2 aromatic rings. The summed E-state index contributed by atoms with van der Waals surface area (Å²) < 4.78 is 11.3. The Kier molecular flexibility index (Phi) is 5.36. The average Bonchev–Trinajstić information content (AvgIpc) is 2.86. The van der Waals surface area contributed by atoms with Gasteiger partial charge in [0.2, 0.25) is 0 Å². The van der Waals surface area contributed by atoms with Gasteiger partial charge in [-0.05, 0) is 51.1 Å². The number of hydrogen-bond acceptors (Lipinski definition) is 5. The Hall–Kier alpha value is -1.85. The third kappa shape index (κ3) is 5.21. The first-order valence-electron chi connectivity index (χ1n) is 6.79. The van der Waals surface area contributed by atoms with E-state index in [0.717, 1.165) is 10.6 Å². The number of nitrogens with zero attached hydrogens (tertiary/aromatic N) is 1. The van der Waals surface area contributed by atoms with Crippen LogP contribution in [-0.2, 0) is 0 Å². The zero-order chi connectivity index (χ0) is 15.2. The van der Waals surface area contributed by atoms with E-state index < -0.39 is 6.10 Å². The van der Waals surface area contributed by atoms with Crippen LogP contribution in [-0.4, -0.2) is 22.3 Å². The Morgan fingerprint density at radius 3 is 2.43 bits per heavy atom. The molecule has 0 spiro atoms. The lowest BCUT2D eigenvalue weighted by molar-refractivity contribution is 0.242. The average molecular weight is 305 g/mol. The van der Waals surface area contributed by atoms with Gasteiger partial charge in [0.1, 0.15) is 11.5 Å². The molecule has 0 aliphatic rings. The summed E-state index contributed by atoms with van der Waals surface area (Å²) in [6.45, 7) is 5.68. The van der Waals surface area contributed by atoms with Crippen LogP contribution in [0.4, 0.5) is 0 Å². The molecule has 0 bridgehead atoms. The van der Waals surface area contributed by atoms with Gasteiger partial charge < -0.3 is 14.6 Å². The molecule has 1 aromatic carbocycles. The molecule has 0 saturated heterocycles. The summed E-state index contributed by atoms with van der Waals surface area (Å²) in [7, 11) is 0.